The molecule has 0 aromatic heterocycles. The highest BCUT2D eigenvalue weighted by Gasteiger charge is 2.11. The van der Waals surface area contributed by atoms with E-state index in [9.17, 15) is 0 Å². The van der Waals surface area contributed by atoms with Gasteiger partial charge in [0.1, 0.15) is 12.4 Å². The lowest BCUT2D eigenvalue weighted by Gasteiger charge is -2.20. The Morgan fingerprint density at radius 3 is 2.15 bits per heavy atom. The first kappa shape index (κ1) is 14.6. The normalized spacial score (nSPS) is 12.2. The maximum absolute atomic E-state index is 6.07. The first-order chi connectivity index (χ1) is 9.61. The molecule has 0 aliphatic carbocycles. The van der Waals surface area contributed by atoms with E-state index in [4.69, 9.17) is 4.74 Å². The third kappa shape index (κ3) is 3.40. The van der Waals surface area contributed by atoms with E-state index in [0.717, 1.165) is 5.75 Å². The molecule has 0 aliphatic heterocycles. The predicted octanol–water partition coefficient (Wildman–Crippen LogP) is 3.95. The Bertz CT molecular complexity index is 540. The molecule has 0 amide bonds. The first-order valence-corrected chi connectivity index (χ1v) is 7.04. The van der Waals surface area contributed by atoms with Gasteiger partial charge in [-0.05, 0) is 44.5 Å². The highest BCUT2D eigenvalue weighted by atomic mass is 16.5. The Kier molecular flexibility index (Phi) is 4.80. The highest BCUT2D eigenvalue weighted by Crippen LogP contribution is 2.25. The van der Waals surface area contributed by atoms with Crippen LogP contribution in [-0.4, -0.2) is 13.7 Å². The predicted molar refractivity (Wildman–Crippen MR) is 84.4 cm³/mol. The summed E-state index contributed by atoms with van der Waals surface area (Å²) in [7, 11) is 1.97. The second-order valence-electron chi connectivity index (χ2n) is 5.29. The van der Waals surface area contributed by atoms with Crippen LogP contribution in [0.25, 0.3) is 0 Å². The van der Waals surface area contributed by atoms with Gasteiger partial charge in [0.25, 0.3) is 0 Å². The number of aryl methyl sites for hydroxylation is 3. The van der Waals surface area contributed by atoms with Crippen molar-refractivity contribution in [2.24, 2.45) is 0 Å². The smallest absolute Gasteiger partial charge is 0.125 e. The van der Waals surface area contributed by atoms with Gasteiger partial charge >= 0.3 is 0 Å². The molecule has 20 heavy (non-hydrogen) atoms. The molecule has 0 aliphatic rings. The van der Waals surface area contributed by atoms with Crippen LogP contribution in [0.1, 0.15) is 28.3 Å². The molecule has 2 nitrogen and oxygen atoms in total. The van der Waals surface area contributed by atoms with Crippen LogP contribution in [0.4, 0.5) is 0 Å². The number of benzene rings is 2. The molecule has 1 unspecified atom stereocenters. The monoisotopic (exact) mass is 269 g/mol. The Balaban J connectivity index is 2.12. The maximum Gasteiger partial charge on any atom is 0.125 e. The average Bonchev–Trinajstić information content (AvgIpc) is 2.43. The molecule has 0 spiro atoms. The second-order valence-corrected chi connectivity index (χ2v) is 5.29. The van der Waals surface area contributed by atoms with Crippen molar-refractivity contribution in [1.29, 1.82) is 0 Å². The number of hydrogen-bond donors (Lipinski definition) is 1. The van der Waals surface area contributed by atoms with Crippen LogP contribution >= 0.6 is 0 Å². The summed E-state index contributed by atoms with van der Waals surface area (Å²) in [6.45, 7) is 6.95. The van der Waals surface area contributed by atoms with Gasteiger partial charge in [-0.3, -0.25) is 0 Å². The Labute approximate surface area is 121 Å². The summed E-state index contributed by atoms with van der Waals surface area (Å²) in [6, 6.07) is 14.9. The third-order valence-corrected chi connectivity index (χ3v) is 3.55. The first-order valence-electron chi connectivity index (χ1n) is 7.04. The molecule has 0 heterocycles. The molecule has 0 bridgehead atoms. The van der Waals surface area contributed by atoms with Gasteiger partial charge in [0.05, 0.1) is 6.04 Å². The van der Waals surface area contributed by atoms with Crippen molar-refractivity contribution >= 4 is 0 Å². The Morgan fingerprint density at radius 1 is 1.00 bits per heavy atom. The van der Waals surface area contributed by atoms with Gasteiger partial charge in [-0.15, -0.1) is 0 Å². The van der Waals surface area contributed by atoms with E-state index in [-0.39, 0.29) is 6.04 Å². The van der Waals surface area contributed by atoms with Gasteiger partial charge < -0.3 is 10.1 Å². The minimum absolute atomic E-state index is 0.205. The van der Waals surface area contributed by atoms with Crippen molar-refractivity contribution < 1.29 is 4.74 Å². The average molecular weight is 269 g/mol. The number of ether oxygens (including phenoxy) is 1. The summed E-state index contributed by atoms with van der Waals surface area (Å²) in [5.74, 6) is 1.01. The maximum atomic E-state index is 6.07. The quantitative estimate of drug-likeness (QED) is 0.887. The van der Waals surface area contributed by atoms with E-state index < -0.39 is 0 Å². The molecule has 0 saturated carbocycles. The standard InChI is InChI=1S/C18H23NO/c1-13-10-14(2)18(15(3)11-13)20-12-17(19-4)16-8-6-5-7-9-16/h5-11,17,19H,12H2,1-4H3. The van der Waals surface area contributed by atoms with Crippen LogP contribution in [0, 0.1) is 20.8 Å². The van der Waals surface area contributed by atoms with Crippen molar-refractivity contribution in [3.05, 3.63) is 64.7 Å². The van der Waals surface area contributed by atoms with Crippen molar-refractivity contribution in [2.75, 3.05) is 13.7 Å². The van der Waals surface area contributed by atoms with Crippen LogP contribution < -0.4 is 10.1 Å². The SMILES string of the molecule is CNC(COc1c(C)cc(C)cc1C)c1ccccc1. The zero-order valence-electron chi connectivity index (χ0n) is 12.7. The Hall–Kier alpha value is -1.80. The summed E-state index contributed by atoms with van der Waals surface area (Å²) < 4.78 is 6.07. The molecule has 0 radical (unpaired) electrons. The van der Waals surface area contributed by atoms with Gasteiger partial charge in [-0.25, -0.2) is 0 Å². The number of likely N-dealkylation sites (N-methyl/N-ethyl adjacent to an activating group) is 1. The zero-order valence-corrected chi connectivity index (χ0v) is 12.7. The van der Waals surface area contributed by atoms with Crippen molar-refractivity contribution in [3.63, 3.8) is 0 Å². The fraction of sp³-hybridized carbons (Fsp3) is 0.333. The van der Waals surface area contributed by atoms with E-state index in [1.807, 2.05) is 13.1 Å². The van der Waals surface area contributed by atoms with Gasteiger partial charge in [0.15, 0.2) is 0 Å². The lowest BCUT2D eigenvalue weighted by molar-refractivity contribution is 0.270. The number of rotatable bonds is 5. The highest BCUT2D eigenvalue weighted by molar-refractivity contribution is 5.43. The molecule has 106 valence electrons. The lowest BCUT2D eigenvalue weighted by Crippen LogP contribution is -2.23. The Morgan fingerprint density at radius 2 is 1.60 bits per heavy atom. The van der Waals surface area contributed by atoms with E-state index in [2.05, 4.69) is 62.5 Å². The molecule has 0 saturated heterocycles. The number of hydrogen-bond acceptors (Lipinski definition) is 2. The van der Waals surface area contributed by atoms with E-state index in [0.29, 0.717) is 6.61 Å². The van der Waals surface area contributed by atoms with Crippen LogP contribution in [-0.2, 0) is 0 Å². The van der Waals surface area contributed by atoms with E-state index in [1.165, 1.54) is 22.3 Å². The summed E-state index contributed by atoms with van der Waals surface area (Å²) >= 11 is 0. The van der Waals surface area contributed by atoms with E-state index in [1.54, 1.807) is 0 Å². The molecule has 1 N–H and O–H groups in total. The molecule has 2 heteroatoms. The summed E-state index contributed by atoms with van der Waals surface area (Å²) in [5.41, 5.74) is 4.92. The van der Waals surface area contributed by atoms with Crippen LogP contribution in [0.5, 0.6) is 5.75 Å². The van der Waals surface area contributed by atoms with Crippen LogP contribution in [0.2, 0.25) is 0 Å². The van der Waals surface area contributed by atoms with Crippen LogP contribution in [0.15, 0.2) is 42.5 Å². The molecule has 2 aromatic carbocycles. The zero-order chi connectivity index (χ0) is 14.5. The molecule has 1 atom stereocenters. The summed E-state index contributed by atoms with van der Waals surface area (Å²) in [4.78, 5) is 0. The fourth-order valence-corrected chi connectivity index (χ4v) is 2.59. The number of nitrogens with one attached hydrogen (secondary N) is 1. The van der Waals surface area contributed by atoms with Gasteiger partial charge in [-0.2, -0.15) is 0 Å². The van der Waals surface area contributed by atoms with Crippen molar-refractivity contribution in [3.8, 4) is 5.75 Å². The van der Waals surface area contributed by atoms with Gasteiger partial charge in [0.2, 0.25) is 0 Å². The largest absolute Gasteiger partial charge is 0.491 e. The molecule has 2 rings (SSSR count). The van der Waals surface area contributed by atoms with Gasteiger partial charge in [-0.1, -0.05) is 48.0 Å². The molecular formula is C18H23NO. The molecule has 0 fully saturated rings. The van der Waals surface area contributed by atoms with E-state index >= 15 is 0 Å². The summed E-state index contributed by atoms with van der Waals surface area (Å²) in [5, 5.41) is 3.31. The van der Waals surface area contributed by atoms with Crippen LogP contribution in [0.3, 0.4) is 0 Å². The fourth-order valence-electron chi connectivity index (χ4n) is 2.59. The summed E-state index contributed by atoms with van der Waals surface area (Å²) in [6.07, 6.45) is 0. The third-order valence-electron chi connectivity index (χ3n) is 3.55. The lowest BCUT2D eigenvalue weighted by atomic mass is 10.1. The van der Waals surface area contributed by atoms with Gasteiger partial charge in [0, 0.05) is 0 Å². The van der Waals surface area contributed by atoms with Crippen molar-refractivity contribution in [1.82, 2.24) is 5.32 Å². The minimum atomic E-state index is 0.205. The van der Waals surface area contributed by atoms with Crippen molar-refractivity contribution in [2.45, 2.75) is 26.8 Å². The molecule has 2 aromatic rings. The topological polar surface area (TPSA) is 21.3 Å². The second kappa shape index (κ2) is 6.58. The molecular weight excluding hydrogens is 246 g/mol. The minimum Gasteiger partial charge on any atom is -0.491 e.